The van der Waals surface area contributed by atoms with Crippen molar-refractivity contribution in [2.24, 2.45) is 17.8 Å². The third kappa shape index (κ3) is 15.8. The van der Waals surface area contributed by atoms with E-state index in [0.717, 1.165) is 191 Å². The minimum absolute atomic E-state index is 0.414. The zero-order chi connectivity index (χ0) is 78.0. The molecular formula is C96H103N19O. The Bertz CT molecular complexity index is 5940. The number of imidazole rings is 3. The quantitative estimate of drug-likeness (QED) is 0.0866. The van der Waals surface area contributed by atoms with Crippen LogP contribution in [0.3, 0.4) is 0 Å². The van der Waals surface area contributed by atoms with Crippen LogP contribution in [0.1, 0.15) is 119 Å². The van der Waals surface area contributed by atoms with Crippen molar-refractivity contribution in [1.82, 2.24) is 77.7 Å². The van der Waals surface area contributed by atoms with Gasteiger partial charge >= 0.3 is 0 Å². The van der Waals surface area contributed by atoms with E-state index in [2.05, 4.69) is 182 Å². The van der Waals surface area contributed by atoms with Crippen molar-refractivity contribution in [2.75, 3.05) is 109 Å². The summed E-state index contributed by atoms with van der Waals surface area (Å²) in [7, 11) is 2.23. The number of nitrogen functional groups attached to an aromatic ring is 3. The summed E-state index contributed by atoms with van der Waals surface area (Å²) in [4.78, 5) is 54.3. The number of likely N-dealkylation sites (tertiary alicyclic amines) is 1. The lowest BCUT2D eigenvalue weighted by atomic mass is 9.81. The fraction of sp³-hybridized carbons (Fsp3) is 0.344. The average molecular weight is 1540 g/mol. The predicted molar refractivity (Wildman–Crippen MR) is 467 cm³/mol. The summed E-state index contributed by atoms with van der Waals surface area (Å²) in [5.74, 6) is 8.52. The van der Waals surface area contributed by atoms with Crippen molar-refractivity contribution in [3.63, 3.8) is 0 Å². The van der Waals surface area contributed by atoms with Crippen molar-refractivity contribution in [2.45, 2.75) is 101 Å². The summed E-state index contributed by atoms with van der Waals surface area (Å²) < 4.78 is 12.1. The maximum absolute atomic E-state index is 6.49. The van der Waals surface area contributed by atoms with E-state index in [0.29, 0.717) is 35.2 Å². The molecule has 6 aliphatic rings. The van der Waals surface area contributed by atoms with Crippen LogP contribution in [0.4, 0.5) is 17.5 Å². The first kappa shape index (κ1) is 74.7. The normalized spacial score (nSPS) is 20.6. The lowest BCUT2D eigenvalue weighted by Crippen LogP contribution is -2.46. The summed E-state index contributed by atoms with van der Waals surface area (Å²) in [6, 6.07) is 62.8. The van der Waals surface area contributed by atoms with Crippen molar-refractivity contribution in [1.29, 1.82) is 0 Å². The molecule has 0 amide bonds. The van der Waals surface area contributed by atoms with Crippen molar-refractivity contribution < 1.29 is 4.74 Å². The average Bonchev–Trinajstić information content (AvgIpc) is 1.61. The molecule has 15 aromatic rings. The molecule has 12 heterocycles. The van der Waals surface area contributed by atoms with Crippen LogP contribution in [0.25, 0.3) is 117 Å². The lowest BCUT2D eigenvalue weighted by molar-refractivity contribution is 0.0273. The van der Waals surface area contributed by atoms with Crippen LogP contribution in [0.2, 0.25) is 0 Å². The van der Waals surface area contributed by atoms with Crippen LogP contribution in [0.5, 0.6) is 0 Å². The first-order valence-electron chi connectivity index (χ1n) is 42.3. The van der Waals surface area contributed by atoms with Gasteiger partial charge in [0.15, 0.2) is 0 Å². The van der Waals surface area contributed by atoms with Gasteiger partial charge in [-0.1, -0.05) is 146 Å². The van der Waals surface area contributed by atoms with Crippen LogP contribution in [-0.2, 0) is 4.74 Å². The van der Waals surface area contributed by atoms with E-state index >= 15 is 0 Å². The zero-order valence-electron chi connectivity index (χ0n) is 66.4. The molecule has 588 valence electrons. The molecule has 3 aliphatic carbocycles. The van der Waals surface area contributed by atoms with E-state index in [9.17, 15) is 0 Å². The molecule has 20 nitrogen and oxygen atoms in total. The SMILES string of the molecule is CN1CCN(CC2CCC(c3nc(-c4ccc5ccc(-c6ccccc6)nc5c4)c4c(N)nccn34)CC2)CC1.Nc1nccn2c(C3CCC(CN4CCC4)CC3)nc(-c3ccc4ccc(-c5ccccc5)nc4c3)c12.Nc1nccn2c(C3CCC(CN4CCOCC4)CC3)nc(-c3ccc4ccc(-c5ccccc5)nc4c3)c12. The standard InChI is InChI=1S/C33H37N7.C32H34N6O.C31H32N6/c1-38-17-19-39(20-18-38)22-23-7-9-26(10-8-23)33-37-30(31-32(34)35-15-16-40(31)33)27-12-11-25-13-14-28(36-29(25)21-27)24-5-3-2-4-6-24;33-31-30-29(26-11-10-24-12-13-27(35-28(24)20-26)23-4-2-1-3-5-23)36-32(38(30)15-14-34-31)25-8-6-22(7-9-25)21-37-16-18-39-19-17-37;32-30-29-28(25-12-11-23-13-14-26(34-27(23)19-25)22-5-2-1-3-6-22)35-31(37(29)18-15-33-30)24-9-7-21(8-10-24)20-36-16-4-17-36/h2-6,11-16,21,23,26H,7-10,17-20,22H2,1H3,(H2,34,35);1-5,10-15,20,22,25H,6-9,16-19,21H2,(H2,33,34);1-3,5-6,11-15,18-19,21,24H,4,7-10,16-17,20H2,(H2,32,33). The second-order valence-corrected chi connectivity index (χ2v) is 33.3. The molecule has 20 heteroatoms. The Balaban J connectivity index is 0.000000116. The van der Waals surface area contributed by atoms with Crippen molar-refractivity contribution >= 4 is 66.7 Å². The van der Waals surface area contributed by atoms with E-state index in [1.165, 1.54) is 130 Å². The molecule has 3 saturated carbocycles. The molecule has 116 heavy (non-hydrogen) atoms. The lowest BCUT2D eigenvalue weighted by Gasteiger charge is -2.36. The largest absolute Gasteiger partial charge is 0.382 e. The Kier molecular flexibility index (Phi) is 21.5. The van der Waals surface area contributed by atoms with Crippen molar-refractivity contribution in [3.8, 4) is 67.5 Å². The highest BCUT2D eigenvalue weighted by Gasteiger charge is 2.34. The smallest absolute Gasteiger partial charge is 0.150 e. The van der Waals surface area contributed by atoms with Crippen LogP contribution in [0, 0.1) is 17.8 Å². The molecule has 0 atom stereocenters. The Morgan fingerprint density at radius 2 is 0.638 bits per heavy atom. The highest BCUT2D eigenvalue weighted by atomic mass is 16.5. The number of aromatic nitrogens is 12. The molecule has 0 bridgehead atoms. The topological polar surface area (TPSA) is 229 Å². The van der Waals surface area contributed by atoms with Gasteiger partial charge in [0.05, 0.1) is 46.8 Å². The third-order valence-corrected chi connectivity index (χ3v) is 25.8. The van der Waals surface area contributed by atoms with Gasteiger partial charge in [0, 0.05) is 163 Å². The molecule has 21 rings (SSSR count). The number of piperazine rings is 1. The number of anilines is 3. The number of hydrogen-bond donors (Lipinski definition) is 3. The van der Waals surface area contributed by atoms with E-state index < -0.39 is 0 Å². The second-order valence-electron chi connectivity index (χ2n) is 33.3. The summed E-state index contributed by atoms with van der Waals surface area (Å²) in [5.41, 5.74) is 37.0. The van der Waals surface area contributed by atoms with Crippen LogP contribution in [-0.4, -0.2) is 170 Å². The van der Waals surface area contributed by atoms with E-state index in [1.807, 2.05) is 73.2 Å². The molecule has 9 aromatic heterocycles. The number of ether oxygens (including phenoxy) is 1. The van der Waals surface area contributed by atoms with Gasteiger partial charge < -0.3 is 36.6 Å². The summed E-state index contributed by atoms with van der Waals surface area (Å²) in [6.07, 6.45) is 27.3. The highest BCUT2D eigenvalue weighted by Crippen LogP contribution is 2.44. The van der Waals surface area contributed by atoms with E-state index in [4.69, 9.17) is 51.8 Å². The molecule has 0 unspecified atom stereocenters. The van der Waals surface area contributed by atoms with Crippen LogP contribution < -0.4 is 17.2 Å². The third-order valence-electron chi connectivity index (χ3n) is 25.8. The fourth-order valence-corrected chi connectivity index (χ4v) is 19.1. The van der Waals surface area contributed by atoms with Gasteiger partial charge in [-0.05, 0) is 158 Å². The number of nitrogens with two attached hydrogens (primary N) is 3. The minimum atomic E-state index is 0.414. The number of likely N-dealkylation sites (N-methyl/N-ethyl adjacent to an activating group) is 1. The van der Waals surface area contributed by atoms with E-state index in [1.54, 1.807) is 18.6 Å². The molecule has 0 spiro atoms. The van der Waals surface area contributed by atoms with Crippen LogP contribution >= 0.6 is 0 Å². The Labute approximate surface area is 677 Å². The molecule has 3 saturated heterocycles. The Morgan fingerprint density at radius 1 is 0.328 bits per heavy atom. The fourth-order valence-electron chi connectivity index (χ4n) is 19.1. The van der Waals surface area contributed by atoms with Gasteiger partial charge in [0.25, 0.3) is 0 Å². The van der Waals surface area contributed by atoms with Gasteiger partial charge in [0.1, 0.15) is 68.6 Å². The number of benzene rings is 6. The maximum atomic E-state index is 6.49. The number of hydrogen-bond acceptors (Lipinski definition) is 17. The number of rotatable bonds is 15. The molecule has 6 fully saturated rings. The van der Waals surface area contributed by atoms with Gasteiger partial charge in [-0.25, -0.2) is 44.9 Å². The monoisotopic (exact) mass is 1540 g/mol. The number of fused-ring (bicyclic) bond motifs is 6. The van der Waals surface area contributed by atoms with Gasteiger partial charge in [0.2, 0.25) is 0 Å². The minimum Gasteiger partial charge on any atom is -0.382 e. The Hall–Kier alpha value is -11.4. The first-order valence-corrected chi connectivity index (χ1v) is 42.3. The molecule has 3 aliphatic heterocycles. The maximum Gasteiger partial charge on any atom is 0.150 e. The van der Waals surface area contributed by atoms with E-state index in [-0.39, 0.29) is 0 Å². The van der Waals surface area contributed by atoms with Gasteiger partial charge in [-0.3, -0.25) is 18.1 Å². The predicted octanol–water partition coefficient (Wildman–Crippen LogP) is 17.7. The first-order chi connectivity index (χ1) is 57.1. The van der Waals surface area contributed by atoms with Crippen molar-refractivity contribution in [3.05, 3.63) is 237 Å². The zero-order valence-corrected chi connectivity index (χ0v) is 66.4. The summed E-state index contributed by atoms with van der Waals surface area (Å²) in [5, 5.41) is 3.32. The second kappa shape index (κ2) is 33.4. The summed E-state index contributed by atoms with van der Waals surface area (Å²) in [6.45, 7) is 14.9. The van der Waals surface area contributed by atoms with Gasteiger partial charge in [-0.2, -0.15) is 0 Å². The molecular weight excluding hydrogens is 1440 g/mol. The number of nitrogens with zero attached hydrogens (tertiary/aromatic N) is 16. The van der Waals surface area contributed by atoms with Crippen LogP contribution in [0.15, 0.2) is 219 Å². The molecule has 6 N–H and O–H groups in total. The Morgan fingerprint density at radius 3 is 0.957 bits per heavy atom. The molecule has 6 aromatic carbocycles. The van der Waals surface area contributed by atoms with Gasteiger partial charge in [-0.15, -0.1) is 0 Å². The number of morpholine rings is 1. The number of pyridine rings is 3. The summed E-state index contributed by atoms with van der Waals surface area (Å²) >= 11 is 0. The highest BCUT2D eigenvalue weighted by molar-refractivity contribution is 5.94. The molecule has 0 radical (unpaired) electrons.